The molecular formula is C12H9N3O2. The number of hydrogen-bond acceptors (Lipinski definition) is 2. The lowest BCUT2D eigenvalue weighted by Crippen LogP contribution is -2.04. The molecule has 0 bridgehead atoms. The van der Waals surface area contributed by atoms with E-state index in [4.69, 9.17) is 0 Å². The number of rotatable bonds is 1. The second-order valence-electron chi connectivity index (χ2n) is 3.71. The van der Waals surface area contributed by atoms with Crippen molar-refractivity contribution in [2.45, 2.75) is 0 Å². The van der Waals surface area contributed by atoms with Gasteiger partial charge >= 0.3 is 0 Å². The summed E-state index contributed by atoms with van der Waals surface area (Å²) in [6.45, 7) is 0. The van der Waals surface area contributed by atoms with Crippen LogP contribution in [0.3, 0.4) is 0 Å². The van der Waals surface area contributed by atoms with Crippen molar-refractivity contribution < 1.29 is 0 Å². The first kappa shape index (κ1) is 9.65. The average molecular weight is 227 g/mol. The van der Waals surface area contributed by atoms with Crippen LogP contribution in [0, 0.1) is 0 Å². The van der Waals surface area contributed by atoms with Gasteiger partial charge in [-0.1, -0.05) is 18.2 Å². The largest absolute Gasteiger partial charge is 0.328 e. The quantitative estimate of drug-likeness (QED) is 0.651. The first-order chi connectivity index (χ1) is 8.25. The molecule has 3 aromatic rings. The van der Waals surface area contributed by atoms with Crippen LogP contribution in [0.4, 0.5) is 0 Å². The molecule has 0 spiro atoms. The Morgan fingerprint density at radius 3 is 2.59 bits per heavy atom. The normalized spacial score (nSPS) is 10.8. The maximum atomic E-state index is 11.7. The van der Waals surface area contributed by atoms with Crippen molar-refractivity contribution in [3.05, 3.63) is 63.3 Å². The summed E-state index contributed by atoms with van der Waals surface area (Å²) >= 11 is 0. The van der Waals surface area contributed by atoms with Gasteiger partial charge in [0.15, 0.2) is 0 Å². The number of pyridine rings is 1. The summed E-state index contributed by atoms with van der Waals surface area (Å²) in [5.74, 6) is 0. The third-order valence-electron chi connectivity index (χ3n) is 2.62. The molecule has 0 atom stereocenters. The van der Waals surface area contributed by atoms with Gasteiger partial charge in [0, 0.05) is 12.3 Å². The molecular weight excluding hydrogens is 218 g/mol. The van der Waals surface area contributed by atoms with Crippen LogP contribution in [0.5, 0.6) is 0 Å². The van der Waals surface area contributed by atoms with Gasteiger partial charge in [-0.2, -0.15) is 0 Å². The predicted octanol–water partition coefficient (Wildman–Crippen LogP) is 1.01. The lowest BCUT2D eigenvalue weighted by molar-refractivity contribution is 0.890. The molecule has 0 aliphatic rings. The summed E-state index contributed by atoms with van der Waals surface area (Å²) in [6.07, 6.45) is 1.43. The van der Waals surface area contributed by atoms with Gasteiger partial charge in [-0.3, -0.25) is 19.4 Å². The number of H-pyrrole nitrogens is 2. The standard InChI is InChI=1S/C12H9N3O2/c16-11-6-10-9(7-13-11)12(17)14-15(10)8-4-2-1-3-5-8/h1-7H,(H,13,16)(H,14,17). The lowest BCUT2D eigenvalue weighted by Gasteiger charge is -2.02. The second-order valence-corrected chi connectivity index (χ2v) is 3.71. The van der Waals surface area contributed by atoms with E-state index in [1.54, 1.807) is 4.68 Å². The minimum atomic E-state index is -0.235. The molecule has 1 aromatic carbocycles. The molecule has 0 saturated carbocycles. The summed E-state index contributed by atoms with van der Waals surface area (Å²) in [4.78, 5) is 25.5. The monoisotopic (exact) mass is 227 g/mol. The van der Waals surface area contributed by atoms with E-state index in [0.29, 0.717) is 10.9 Å². The SMILES string of the molecule is O=c1cc2c(c[nH]1)c(=O)[nH]n2-c1ccccc1. The van der Waals surface area contributed by atoms with E-state index in [0.717, 1.165) is 5.69 Å². The molecule has 2 heterocycles. The van der Waals surface area contributed by atoms with Gasteiger partial charge in [-0.15, -0.1) is 0 Å². The Bertz CT molecular complexity index is 781. The summed E-state index contributed by atoms with van der Waals surface area (Å²) in [6, 6.07) is 10.7. The topological polar surface area (TPSA) is 70.7 Å². The molecule has 2 N–H and O–H groups in total. The Balaban J connectivity index is 2.42. The van der Waals surface area contributed by atoms with E-state index in [1.807, 2.05) is 30.3 Å². The van der Waals surface area contributed by atoms with Gasteiger partial charge < -0.3 is 4.98 Å². The maximum Gasteiger partial charge on any atom is 0.273 e. The molecule has 0 fully saturated rings. The fraction of sp³-hybridized carbons (Fsp3) is 0. The number of fused-ring (bicyclic) bond motifs is 1. The second kappa shape index (κ2) is 3.48. The van der Waals surface area contributed by atoms with E-state index < -0.39 is 0 Å². The fourth-order valence-corrected chi connectivity index (χ4v) is 1.83. The number of aromatic amines is 2. The number of para-hydroxylation sites is 1. The van der Waals surface area contributed by atoms with E-state index >= 15 is 0 Å². The van der Waals surface area contributed by atoms with Crippen LogP contribution < -0.4 is 11.1 Å². The highest BCUT2D eigenvalue weighted by Gasteiger charge is 2.07. The van der Waals surface area contributed by atoms with Gasteiger partial charge in [0.05, 0.1) is 16.6 Å². The Morgan fingerprint density at radius 1 is 1.06 bits per heavy atom. The van der Waals surface area contributed by atoms with E-state index in [1.165, 1.54) is 12.3 Å². The lowest BCUT2D eigenvalue weighted by atomic mass is 10.3. The van der Waals surface area contributed by atoms with Crippen molar-refractivity contribution in [1.82, 2.24) is 14.8 Å². The molecule has 17 heavy (non-hydrogen) atoms. The highest BCUT2D eigenvalue weighted by molar-refractivity contribution is 5.78. The van der Waals surface area contributed by atoms with Crippen molar-refractivity contribution in [2.24, 2.45) is 0 Å². The summed E-state index contributed by atoms with van der Waals surface area (Å²) < 4.78 is 1.60. The van der Waals surface area contributed by atoms with Crippen LogP contribution in [-0.2, 0) is 0 Å². The molecule has 0 aliphatic carbocycles. The third kappa shape index (κ3) is 1.48. The maximum absolute atomic E-state index is 11.7. The van der Waals surface area contributed by atoms with Crippen molar-refractivity contribution in [3.63, 3.8) is 0 Å². The molecule has 5 nitrogen and oxygen atoms in total. The van der Waals surface area contributed by atoms with Gasteiger partial charge in [0.2, 0.25) is 5.56 Å². The predicted molar refractivity (Wildman–Crippen MR) is 64.5 cm³/mol. The zero-order chi connectivity index (χ0) is 11.8. The Hall–Kier alpha value is -2.56. The van der Waals surface area contributed by atoms with Gasteiger partial charge in [-0.05, 0) is 12.1 Å². The van der Waals surface area contributed by atoms with Crippen LogP contribution in [-0.4, -0.2) is 14.8 Å². The van der Waals surface area contributed by atoms with Crippen LogP contribution >= 0.6 is 0 Å². The smallest absolute Gasteiger partial charge is 0.273 e. The van der Waals surface area contributed by atoms with E-state index in [9.17, 15) is 9.59 Å². The number of aromatic nitrogens is 3. The van der Waals surface area contributed by atoms with E-state index in [-0.39, 0.29) is 11.1 Å². The first-order valence-corrected chi connectivity index (χ1v) is 5.14. The van der Waals surface area contributed by atoms with Crippen molar-refractivity contribution >= 4 is 10.9 Å². The molecule has 0 unspecified atom stereocenters. The summed E-state index contributed by atoms with van der Waals surface area (Å²) in [5.41, 5.74) is 0.927. The molecule has 0 aliphatic heterocycles. The first-order valence-electron chi connectivity index (χ1n) is 5.14. The van der Waals surface area contributed by atoms with Gasteiger partial charge in [-0.25, -0.2) is 0 Å². The summed E-state index contributed by atoms with van der Waals surface area (Å²) in [5, 5.41) is 3.16. The van der Waals surface area contributed by atoms with Crippen LogP contribution in [0.2, 0.25) is 0 Å². The number of nitrogens with zero attached hydrogens (tertiary/aromatic N) is 1. The zero-order valence-corrected chi connectivity index (χ0v) is 8.81. The Kier molecular flexibility index (Phi) is 1.98. The highest BCUT2D eigenvalue weighted by atomic mass is 16.1. The molecule has 5 heteroatoms. The Labute approximate surface area is 95.3 Å². The summed E-state index contributed by atoms with van der Waals surface area (Å²) in [7, 11) is 0. The van der Waals surface area contributed by atoms with Crippen molar-refractivity contribution in [3.8, 4) is 5.69 Å². The Morgan fingerprint density at radius 2 is 1.82 bits per heavy atom. The number of hydrogen-bond donors (Lipinski definition) is 2. The van der Waals surface area contributed by atoms with Gasteiger partial charge in [0.25, 0.3) is 5.56 Å². The van der Waals surface area contributed by atoms with Crippen LogP contribution in [0.15, 0.2) is 52.2 Å². The third-order valence-corrected chi connectivity index (χ3v) is 2.62. The molecule has 0 amide bonds. The fourth-order valence-electron chi connectivity index (χ4n) is 1.83. The van der Waals surface area contributed by atoms with Crippen LogP contribution in [0.25, 0.3) is 16.6 Å². The molecule has 0 radical (unpaired) electrons. The molecule has 84 valence electrons. The van der Waals surface area contributed by atoms with Crippen molar-refractivity contribution in [1.29, 1.82) is 0 Å². The van der Waals surface area contributed by atoms with Crippen molar-refractivity contribution in [2.75, 3.05) is 0 Å². The van der Waals surface area contributed by atoms with Gasteiger partial charge in [0.1, 0.15) is 0 Å². The average Bonchev–Trinajstić information content (AvgIpc) is 2.67. The minimum Gasteiger partial charge on any atom is -0.328 e. The zero-order valence-electron chi connectivity index (χ0n) is 8.81. The molecule has 0 saturated heterocycles. The molecule has 3 rings (SSSR count). The van der Waals surface area contributed by atoms with E-state index in [2.05, 4.69) is 10.1 Å². The number of nitrogens with one attached hydrogen (secondary N) is 2. The molecule has 2 aromatic heterocycles. The minimum absolute atomic E-state index is 0.222. The highest BCUT2D eigenvalue weighted by Crippen LogP contribution is 2.12. The number of benzene rings is 1. The van der Waals surface area contributed by atoms with Crippen LogP contribution in [0.1, 0.15) is 0 Å².